The van der Waals surface area contributed by atoms with Crippen molar-refractivity contribution >= 4 is 0 Å². The lowest BCUT2D eigenvalue weighted by Gasteiger charge is -2.26. The molecule has 1 fully saturated rings. The van der Waals surface area contributed by atoms with Crippen LogP contribution in [0.25, 0.3) is 0 Å². The van der Waals surface area contributed by atoms with Crippen molar-refractivity contribution in [3.63, 3.8) is 0 Å². The highest BCUT2D eigenvalue weighted by atomic mass is 15.1. The van der Waals surface area contributed by atoms with Crippen molar-refractivity contribution in [2.24, 2.45) is 5.92 Å². The Kier molecular flexibility index (Phi) is 13.1. The predicted octanol–water partition coefficient (Wildman–Crippen LogP) is 6.77. The van der Waals surface area contributed by atoms with Gasteiger partial charge in [0, 0.05) is 6.54 Å². The molecule has 1 aliphatic rings. The largest absolute Gasteiger partial charge is 0.299 e. The Balaban J connectivity index is 0.000000433. The first-order valence-corrected chi connectivity index (χ1v) is 9.61. The SMILES string of the molecule is C=C(C)/C=C(\C)C(CC)CCCC.C=C(C)CN1CCCCC1. The number of hydrogen-bond acceptors (Lipinski definition) is 1. The fourth-order valence-electron chi connectivity index (χ4n) is 3.21. The molecule has 0 aromatic heterocycles. The molecule has 1 nitrogen and oxygen atoms in total. The molecule has 1 atom stereocenters. The van der Waals surface area contributed by atoms with Crippen molar-refractivity contribution in [1.29, 1.82) is 0 Å². The van der Waals surface area contributed by atoms with E-state index in [-0.39, 0.29) is 0 Å². The number of hydrogen-bond donors (Lipinski definition) is 0. The second-order valence-electron chi connectivity index (χ2n) is 7.28. The normalized spacial score (nSPS) is 17.2. The molecule has 0 saturated carbocycles. The zero-order valence-electron chi connectivity index (χ0n) is 16.6. The van der Waals surface area contributed by atoms with Gasteiger partial charge in [-0.15, -0.1) is 0 Å². The molecule has 1 heteroatoms. The first-order chi connectivity index (χ1) is 10.9. The monoisotopic (exact) mass is 319 g/mol. The average Bonchev–Trinajstić information content (AvgIpc) is 2.48. The van der Waals surface area contributed by atoms with Gasteiger partial charge in [0.25, 0.3) is 0 Å². The topological polar surface area (TPSA) is 3.24 Å². The molecule has 0 spiro atoms. The Morgan fingerprint density at radius 2 is 1.65 bits per heavy atom. The third-order valence-electron chi connectivity index (χ3n) is 4.46. The molecule has 23 heavy (non-hydrogen) atoms. The summed E-state index contributed by atoms with van der Waals surface area (Å²) in [5.41, 5.74) is 3.97. The van der Waals surface area contributed by atoms with E-state index in [9.17, 15) is 0 Å². The Labute approximate surface area is 146 Å². The van der Waals surface area contributed by atoms with Crippen LogP contribution in [0.15, 0.2) is 36.0 Å². The summed E-state index contributed by atoms with van der Waals surface area (Å²) in [6, 6.07) is 0. The van der Waals surface area contributed by atoms with E-state index in [2.05, 4.69) is 58.8 Å². The molecule has 0 aromatic carbocycles. The zero-order chi connectivity index (χ0) is 17.7. The summed E-state index contributed by atoms with van der Waals surface area (Å²) in [5, 5.41) is 0. The maximum Gasteiger partial charge on any atom is 0.0187 e. The minimum Gasteiger partial charge on any atom is -0.299 e. The van der Waals surface area contributed by atoms with Gasteiger partial charge in [0.15, 0.2) is 0 Å². The highest BCUT2D eigenvalue weighted by molar-refractivity contribution is 5.18. The van der Waals surface area contributed by atoms with E-state index < -0.39 is 0 Å². The van der Waals surface area contributed by atoms with Crippen LogP contribution in [0.2, 0.25) is 0 Å². The Morgan fingerprint density at radius 3 is 2.09 bits per heavy atom. The maximum atomic E-state index is 3.92. The predicted molar refractivity (Wildman–Crippen MR) is 107 cm³/mol. The molecule has 1 saturated heterocycles. The lowest BCUT2D eigenvalue weighted by molar-refractivity contribution is 0.247. The first kappa shape index (κ1) is 22.2. The van der Waals surface area contributed by atoms with Crippen molar-refractivity contribution in [2.75, 3.05) is 19.6 Å². The summed E-state index contributed by atoms with van der Waals surface area (Å²) in [6.07, 6.45) is 11.7. The zero-order valence-corrected chi connectivity index (χ0v) is 16.6. The summed E-state index contributed by atoms with van der Waals surface area (Å²) < 4.78 is 0. The van der Waals surface area contributed by atoms with Gasteiger partial charge in [0.2, 0.25) is 0 Å². The van der Waals surface area contributed by atoms with Crippen molar-refractivity contribution < 1.29 is 0 Å². The molecule has 1 unspecified atom stereocenters. The second-order valence-corrected chi connectivity index (χ2v) is 7.28. The number of piperidine rings is 1. The van der Waals surface area contributed by atoms with Gasteiger partial charge in [-0.05, 0) is 65.5 Å². The average molecular weight is 320 g/mol. The molecule has 0 amide bonds. The van der Waals surface area contributed by atoms with Crippen LogP contribution in [0.5, 0.6) is 0 Å². The lowest BCUT2D eigenvalue weighted by Crippen LogP contribution is -2.30. The molecule has 1 heterocycles. The summed E-state index contributed by atoms with van der Waals surface area (Å²) >= 11 is 0. The Hall–Kier alpha value is -0.820. The van der Waals surface area contributed by atoms with Crippen molar-refractivity contribution in [3.8, 4) is 0 Å². The second kappa shape index (κ2) is 13.6. The van der Waals surface area contributed by atoms with Crippen LogP contribution in [-0.4, -0.2) is 24.5 Å². The van der Waals surface area contributed by atoms with E-state index in [4.69, 9.17) is 0 Å². The van der Waals surface area contributed by atoms with Crippen molar-refractivity contribution in [3.05, 3.63) is 36.0 Å². The first-order valence-electron chi connectivity index (χ1n) is 9.61. The molecular weight excluding hydrogens is 278 g/mol. The molecule has 0 N–H and O–H groups in total. The standard InChI is InChI=1S/C13H24.C9H17N/c1-6-8-9-13(7-2)12(5)10-11(3)4;1-9(2)8-10-6-4-3-5-7-10/h10,13H,3,6-9H2,1-2,4-5H3;1,3-8H2,2H3/b12-10+;. The number of unbranched alkanes of at least 4 members (excludes halogenated alkanes) is 1. The number of allylic oxidation sites excluding steroid dienone is 3. The summed E-state index contributed by atoms with van der Waals surface area (Å²) in [5.74, 6) is 0.775. The highest BCUT2D eigenvalue weighted by Crippen LogP contribution is 2.22. The maximum absolute atomic E-state index is 3.92. The smallest absolute Gasteiger partial charge is 0.0187 e. The number of nitrogens with zero attached hydrogens (tertiary/aromatic N) is 1. The van der Waals surface area contributed by atoms with Gasteiger partial charge in [-0.2, -0.15) is 0 Å². The van der Waals surface area contributed by atoms with E-state index in [1.165, 1.54) is 74.8 Å². The fourth-order valence-corrected chi connectivity index (χ4v) is 3.21. The van der Waals surface area contributed by atoms with E-state index >= 15 is 0 Å². The van der Waals surface area contributed by atoms with Crippen LogP contribution in [0.3, 0.4) is 0 Å². The molecule has 134 valence electrons. The molecule has 0 aliphatic carbocycles. The van der Waals surface area contributed by atoms with E-state index in [0.717, 1.165) is 12.5 Å². The number of rotatable bonds is 8. The van der Waals surface area contributed by atoms with Crippen LogP contribution < -0.4 is 0 Å². The van der Waals surface area contributed by atoms with E-state index in [1.54, 1.807) is 0 Å². The van der Waals surface area contributed by atoms with Crippen molar-refractivity contribution in [1.82, 2.24) is 4.90 Å². The molecule has 0 bridgehead atoms. The van der Waals surface area contributed by atoms with E-state index in [0.29, 0.717) is 0 Å². The molecule has 1 aliphatic heterocycles. The molecule has 1 rings (SSSR count). The van der Waals surface area contributed by atoms with Crippen LogP contribution in [0, 0.1) is 5.92 Å². The van der Waals surface area contributed by atoms with Crippen molar-refractivity contribution in [2.45, 2.75) is 79.6 Å². The number of likely N-dealkylation sites (tertiary alicyclic amines) is 1. The van der Waals surface area contributed by atoms with Gasteiger partial charge in [-0.25, -0.2) is 0 Å². The molecule has 0 radical (unpaired) electrons. The van der Waals surface area contributed by atoms with Crippen LogP contribution in [-0.2, 0) is 0 Å². The third kappa shape index (κ3) is 12.3. The van der Waals surface area contributed by atoms with Crippen LogP contribution in [0.1, 0.15) is 79.6 Å². The quantitative estimate of drug-likeness (QED) is 0.352. The fraction of sp³-hybridized carbons (Fsp3) is 0.727. The van der Waals surface area contributed by atoms with E-state index in [1.807, 2.05) is 0 Å². The van der Waals surface area contributed by atoms with Gasteiger partial charge in [-0.1, -0.05) is 69.1 Å². The third-order valence-corrected chi connectivity index (χ3v) is 4.46. The van der Waals surface area contributed by atoms with Gasteiger partial charge in [0.05, 0.1) is 0 Å². The Morgan fingerprint density at radius 1 is 1.04 bits per heavy atom. The summed E-state index contributed by atoms with van der Waals surface area (Å²) in [7, 11) is 0. The highest BCUT2D eigenvalue weighted by Gasteiger charge is 2.08. The van der Waals surface area contributed by atoms with Gasteiger partial charge >= 0.3 is 0 Å². The Bertz CT molecular complexity index is 358. The lowest BCUT2D eigenvalue weighted by atomic mass is 9.91. The summed E-state index contributed by atoms with van der Waals surface area (Å²) in [4.78, 5) is 2.49. The van der Waals surface area contributed by atoms with Gasteiger partial charge in [0.1, 0.15) is 0 Å². The minimum atomic E-state index is 0.775. The molecular formula is C22H41N. The minimum absolute atomic E-state index is 0.775. The van der Waals surface area contributed by atoms with Gasteiger partial charge in [-0.3, -0.25) is 4.90 Å². The van der Waals surface area contributed by atoms with Crippen LogP contribution in [0.4, 0.5) is 0 Å². The van der Waals surface area contributed by atoms with Crippen LogP contribution >= 0.6 is 0 Å². The summed E-state index contributed by atoms with van der Waals surface area (Å²) in [6.45, 7) is 22.4. The molecule has 0 aromatic rings. The van der Waals surface area contributed by atoms with Gasteiger partial charge < -0.3 is 0 Å².